The third-order valence-corrected chi connectivity index (χ3v) is 13.4. The van der Waals surface area contributed by atoms with E-state index in [1.807, 2.05) is 0 Å². The molecule has 1 aliphatic carbocycles. The van der Waals surface area contributed by atoms with Gasteiger partial charge in [-0.25, -0.2) is 0 Å². The Morgan fingerprint density at radius 2 is 1.09 bits per heavy atom. The predicted octanol–water partition coefficient (Wildman–Crippen LogP) is 12.1. The molecule has 0 N–H and O–H groups in total. The van der Waals surface area contributed by atoms with E-state index in [-0.39, 0.29) is 39.2 Å². The molecule has 0 aromatic heterocycles. The highest BCUT2D eigenvalue weighted by Crippen LogP contribution is 2.54. The summed E-state index contributed by atoms with van der Waals surface area (Å²) in [7, 11) is 0. The van der Waals surface area contributed by atoms with Gasteiger partial charge in [0.25, 0.3) is 0 Å². The summed E-state index contributed by atoms with van der Waals surface area (Å²) in [6, 6.07) is 36.5. The molecule has 5 aromatic carbocycles. The Morgan fingerprint density at radius 1 is 0.519 bits per heavy atom. The van der Waals surface area contributed by atoms with Crippen molar-refractivity contribution in [2.75, 3.05) is 4.90 Å². The van der Waals surface area contributed by atoms with Crippen LogP contribution in [0.15, 0.2) is 91.0 Å². The average molecular weight is 712 g/mol. The number of benzene rings is 5. The highest BCUT2D eigenvalue weighted by Gasteiger charge is 2.48. The van der Waals surface area contributed by atoms with Crippen molar-refractivity contribution < 1.29 is 0 Å². The Balaban J connectivity index is 1.50. The van der Waals surface area contributed by atoms with Crippen LogP contribution >= 0.6 is 0 Å². The van der Waals surface area contributed by atoms with Crippen LogP contribution in [0.3, 0.4) is 0 Å². The smallest absolute Gasteiger partial charge is 0.247 e. The molecule has 0 amide bonds. The number of fused-ring (bicyclic) bond motifs is 5. The first-order valence-electron chi connectivity index (χ1n) is 20.4. The van der Waals surface area contributed by atoms with E-state index in [0.29, 0.717) is 0 Å². The van der Waals surface area contributed by atoms with Crippen LogP contribution in [0.5, 0.6) is 0 Å². The second kappa shape index (κ2) is 11.5. The molecular formula is C52H62BN. The molecule has 8 rings (SSSR count). The van der Waals surface area contributed by atoms with Gasteiger partial charge in [-0.2, -0.15) is 0 Å². The van der Waals surface area contributed by atoms with Gasteiger partial charge in [-0.15, -0.1) is 0 Å². The van der Waals surface area contributed by atoms with Crippen molar-refractivity contribution in [3.05, 3.63) is 130 Å². The lowest BCUT2D eigenvalue weighted by Crippen LogP contribution is -2.64. The maximum atomic E-state index is 2.61. The minimum atomic E-state index is -0.198. The quantitative estimate of drug-likeness (QED) is 0.162. The third kappa shape index (κ3) is 5.56. The molecule has 278 valence electrons. The molecule has 3 aliphatic rings. The summed E-state index contributed by atoms with van der Waals surface area (Å²) in [6.45, 7) is 35.9. The fourth-order valence-electron chi connectivity index (χ4n) is 10.6. The molecule has 0 saturated carbocycles. The van der Waals surface area contributed by atoms with Gasteiger partial charge in [0.2, 0.25) is 6.71 Å². The number of rotatable bonds is 2. The fourth-order valence-corrected chi connectivity index (χ4v) is 10.6. The molecule has 2 heteroatoms. The van der Waals surface area contributed by atoms with Crippen molar-refractivity contribution in [1.29, 1.82) is 0 Å². The largest absolute Gasteiger partial charge is 0.311 e. The van der Waals surface area contributed by atoms with E-state index in [0.717, 1.165) is 6.42 Å². The van der Waals surface area contributed by atoms with Crippen molar-refractivity contribution in [1.82, 2.24) is 0 Å². The van der Waals surface area contributed by atoms with E-state index < -0.39 is 0 Å². The molecule has 0 unspecified atom stereocenters. The van der Waals surface area contributed by atoms with Gasteiger partial charge in [0.15, 0.2) is 0 Å². The Hall–Kier alpha value is -4.04. The van der Waals surface area contributed by atoms with Gasteiger partial charge < -0.3 is 4.90 Å². The molecule has 0 bridgehead atoms. The molecule has 2 heterocycles. The van der Waals surface area contributed by atoms with Gasteiger partial charge in [0.05, 0.1) is 0 Å². The van der Waals surface area contributed by atoms with Crippen molar-refractivity contribution in [2.45, 2.75) is 143 Å². The predicted molar refractivity (Wildman–Crippen MR) is 237 cm³/mol. The maximum absolute atomic E-state index is 2.61. The molecule has 0 saturated heterocycles. The van der Waals surface area contributed by atoms with Crippen LogP contribution in [-0.2, 0) is 32.5 Å². The highest BCUT2D eigenvalue weighted by molar-refractivity contribution is 6.99. The summed E-state index contributed by atoms with van der Waals surface area (Å²) in [5, 5.41) is 0. The summed E-state index contributed by atoms with van der Waals surface area (Å²) in [5.74, 6) is 0. The van der Waals surface area contributed by atoms with Crippen LogP contribution in [0.2, 0.25) is 0 Å². The molecule has 5 aromatic rings. The Bertz CT molecular complexity index is 2330. The SMILES string of the molecule is CC(C)(C)c1ccc(N2c3ccc(C(C)(C)C)cc3B3c4cc(C(C)(C)C)ccc4C(C)(C)c4cc(-c5cccc6c5C(C)(C)CC6(C)C)cc2c43)cc1. The third-order valence-electron chi connectivity index (χ3n) is 13.4. The van der Waals surface area contributed by atoms with E-state index >= 15 is 0 Å². The zero-order valence-corrected chi connectivity index (χ0v) is 35.9. The lowest BCUT2D eigenvalue weighted by Gasteiger charge is -2.46. The van der Waals surface area contributed by atoms with E-state index in [2.05, 4.69) is 200 Å². The van der Waals surface area contributed by atoms with E-state index in [4.69, 9.17) is 0 Å². The number of anilines is 3. The lowest BCUT2D eigenvalue weighted by atomic mass is 9.29. The van der Waals surface area contributed by atoms with Crippen LogP contribution in [0, 0.1) is 0 Å². The minimum absolute atomic E-state index is 0.0273. The van der Waals surface area contributed by atoms with Crippen LogP contribution in [0.25, 0.3) is 11.1 Å². The van der Waals surface area contributed by atoms with Gasteiger partial charge in [-0.1, -0.05) is 176 Å². The van der Waals surface area contributed by atoms with E-state index in [9.17, 15) is 0 Å². The van der Waals surface area contributed by atoms with Crippen molar-refractivity contribution >= 4 is 40.2 Å². The monoisotopic (exact) mass is 711 g/mol. The molecule has 0 spiro atoms. The highest BCUT2D eigenvalue weighted by atomic mass is 15.2. The van der Waals surface area contributed by atoms with Crippen molar-refractivity contribution in [3.8, 4) is 11.1 Å². The van der Waals surface area contributed by atoms with Gasteiger partial charge in [0.1, 0.15) is 0 Å². The molecule has 2 aliphatic heterocycles. The summed E-state index contributed by atoms with van der Waals surface area (Å²) >= 11 is 0. The van der Waals surface area contributed by atoms with Crippen LogP contribution < -0.4 is 21.3 Å². The normalized spacial score (nSPS) is 17.8. The van der Waals surface area contributed by atoms with Gasteiger partial charge >= 0.3 is 0 Å². The summed E-state index contributed by atoms with van der Waals surface area (Å²) < 4.78 is 0. The first-order chi connectivity index (χ1) is 24.9. The summed E-state index contributed by atoms with van der Waals surface area (Å²) in [6.07, 6.45) is 1.15. The van der Waals surface area contributed by atoms with Crippen LogP contribution in [-0.4, -0.2) is 6.71 Å². The Labute approximate surface area is 327 Å². The molecule has 1 nitrogen and oxygen atoms in total. The van der Waals surface area contributed by atoms with Gasteiger partial charge in [-0.05, 0) is 119 Å². The lowest BCUT2D eigenvalue weighted by molar-refractivity contribution is 0.403. The summed E-state index contributed by atoms with van der Waals surface area (Å²) in [4.78, 5) is 2.61. The van der Waals surface area contributed by atoms with Crippen LogP contribution in [0.4, 0.5) is 17.1 Å². The number of hydrogen-bond acceptors (Lipinski definition) is 1. The van der Waals surface area contributed by atoms with Crippen molar-refractivity contribution in [2.24, 2.45) is 0 Å². The Kier molecular flexibility index (Phi) is 7.86. The summed E-state index contributed by atoms with van der Waals surface area (Å²) in [5.41, 5.74) is 21.1. The van der Waals surface area contributed by atoms with Gasteiger partial charge in [-0.3, -0.25) is 0 Å². The molecule has 0 atom stereocenters. The van der Waals surface area contributed by atoms with Gasteiger partial charge in [0, 0.05) is 22.5 Å². The maximum Gasteiger partial charge on any atom is 0.247 e. The van der Waals surface area contributed by atoms with Crippen LogP contribution in [0.1, 0.15) is 149 Å². The van der Waals surface area contributed by atoms with E-state index in [1.165, 1.54) is 83.5 Å². The average Bonchev–Trinajstić information content (AvgIpc) is 3.27. The minimum Gasteiger partial charge on any atom is -0.311 e. The second-order valence-electron chi connectivity index (χ2n) is 21.9. The standard InChI is InChI=1S/C52H62BN/c1-47(2,3)33-19-23-36(24-20-33)54-43-26-22-35(49(7,8)9)30-42(43)53-41-29-34(48(4,5)6)21-25-38(41)52(14,15)40-27-32(28-44(54)46(40)53)37-17-16-18-39-45(37)51(12,13)31-50(39,10)11/h16-30H,31H2,1-15H3. The Morgan fingerprint density at radius 3 is 1.70 bits per heavy atom. The zero-order valence-electron chi connectivity index (χ0n) is 35.9. The second-order valence-corrected chi connectivity index (χ2v) is 21.9. The molecule has 0 radical (unpaired) electrons. The molecular weight excluding hydrogens is 649 g/mol. The molecule has 0 fully saturated rings. The molecule has 54 heavy (non-hydrogen) atoms. The topological polar surface area (TPSA) is 3.24 Å². The zero-order chi connectivity index (χ0) is 39.1. The number of hydrogen-bond donors (Lipinski definition) is 0. The van der Waals surface area contributed by atoms with E-state index in [1.54, 1.807) is 0 Å². The first kappa shape index (κ1) is 36.9. The fraction of sp³-hybridized carbons (Fsp3) is 0.423. The number of nitrogens with zero attached hydrogens (tertiary/aromatic N) is 1. The first-order valence-corrected chi connectivity index (χ1v) is 20.4. The van der Waals surface area contributed by atoms with Crippen molar-refractivity contribution in [3.63, 3.8) is 0 Å².